The summed E-state index contributed by atoms with van der Waals surface area (Å²) in [6.07, 6.45) is 0. The first kappa shape index (κ1) is 16.7. The molecular weight excluding hydrogens is 370 g/mol. The minimum atomic E-state index is -3.45. The van der Waals surface area contributed by atoms with E-state index in [1.54, 1.807) is 18.5 Å². The van der Waals surface area contributed by atoms with Gasteiger partial charge in [-0.15, -0.1) is 11.3 Å². The Morgan fingerprint density at radius 1 is 1.19 bits per heavy atom. The van der Waals surface area contributed by atoms with Crippen LogP contribution in [0.25, 0.3) is 0 Å². The molecule has 114 valence electrons. The molecule has 1 aromatic carbocycles. The molecule has 0 atom stereocenters. The second-order valence-electron chi connectivity index (χ2n) is 5.21. The Hall–Kier alpha value is -0.690. The third-order valence-electron chi connectivity index (χ3n) is 3.28. The van der Waals surface area contributed by atoms with Crippen molar-refractivity contribution in [3.05, 3.63) is 51.3 Å². The van der Waals surface area contributed by atoms with Crippen molar-refractivity contribution in [2.24, 2.45) is 0 Å². The molecule has 0 unspecified atom stereocenters. The normalized spacial score (nSPS) is 12.3. The average Bonchev–Trinajstić information content (AvgIpc) is 2.86. The highest BCUT2D eigenvalue weighted by Crippen LogP contribution is 2.30. The zero-order valence-corrected chi connectivity index (χ0v) is 15.4. The van der Waals surface area contributed by atoms with Gasteiger partial charge < -0.3 is 0 Å². The van der Waals surface area contributed by atoms with Gasteiger partial charge in [0.1, 0.15) is 4.21 Å². The number of hydrogen-bond donors (Lipinski definition) is 0. The molecule has 0 bridgehead atoms. The van der Waals surface area contributed by atoms with Crippen LogP contribution in [0.5, 0.6) is 0 Å². The van der Waals surface area contributed by atoms with E-state index < -0.39 is 10.0 Å². The van der Waals surface area contributed by atoms with Crippen LogP contribution in [0.3, 0.4) is 0 Å². The Balaban J connectivity index is 2.18. The molecule has 0 aliphatic carbocycles. The first-order valence-electron chi connectivity index (χ1n) is 6.60. The Bertz CT molecular complexity index is 706. The van der Waals surface area contributed by atoms with Gasteiger partial charge in [-0.25, -0.2) is 8.42 Å². The molecule has 1 heterocycles. The lowest BCUT2D eigenvalue weighted by atomic mass is 10.0. The number of benzene rings is 1. The molecule has 21 heavy (non-hydrogen) atoms. The summed E-state index contributed by atoms with van der Waals surface area (Å²) in [5.74, 6) is 0.475. The molecule has 0 N–H and O–H groups in total. The molecular formula is C15H18BrNO2S2. The summed E-state index contributed by atoms with van der Waals surface area (Å²) in [6, 6.07) is 9.85. The highest BCUT2D eigenvalue weighted by molar-refractivity contribution is 9.10. The molecule has 0 aliphatic heterocycles. The van der Waals surface area contributed by atoms with Gasteiger partial charge in [0, 0.05) is 18.1 Å². The first-order valence-corrected chi connectivity index (χ1v) is 9.72. The number of sulfonamides is 1. The standard InChI is InChI=1S/C15H18BrNO2S2/c1-11(2)13-6-4-12(5-7-13)10-17(3)21(18,19)15-14(16)8-9-20-15/h4-9,11H,10H2,1-3H3. The van der Waals surface area contributed by atoms with Crippen LogP contribution in [0.2, 0.25) is 0 Å². The largest absolute Gasteiger partial charge is 0.253 e. The molecule has 0 saturated heterocycles. The van der Waals surface area contributed by atoms with Gasteiger partial charge in [0.25, 0.3) is 10.0 Å². The third-order valence-corrected chi connectivity index (χ3v) is 7.73. The molecule has 0 spiro atoms. The van der Waals surface area contributed by atoms with E-state index in [9.17, 15) is 8.42 Å². The van der Waals surface area contributed by atoms with Crippen molar-refractivity contribution in [3.8, 4) is 0 Å². The molecule has 0 aliphatic rings. The second kappa shape index (κ2) is 6.60. The molecule has 2 rings (SSSR count). The van der Waals surface area contributed by atoms with Crippen LogP contribution in [0.4, 0.5) is 0 Å². The van der Waals surface area contributed by atoms with E-state index in [0.29, 0.717) is 21.1 Å². The quantitative estimate of drug-likeness (QED) is 0.759. The van der Waals surface area contributed by atoms with E-state index in [1.165, 1.54) is 21.2 Å². The third kappa shape index (κ3) is 3.74. The maximum absolute atomic E-state index is 12.5. The molecule has 2 aromatic rings. The van der Waals surface area contributed by atoms with Crippen molar-refractivity contribution < 1.29 is 8.42 Å². The van der Waals surface area contributed by atoms with Gasteiger partial charge >= 0.3 is 0 Å². The van der Waals surface area contributed by atoms with Crippen molar-refractivity contribution in [2.75, 3.05) is 7.05 Å². The highest BCUT2D eigenvalue weighted by Gasteiger charge is 2.24. The van der Waals surface area contributed by atoms with E-state index in [2.05, 4.69) is 41.9 Å². The number of halogens is 1. The molecule has 1 aromatic heterocycles. The van der Waals surface area contributed by atoms with Crippen molar-refractivity contribution in [1.82, 2.24) is 4.31 Å². The lowest BCUT2D eigenvalue weighted by Crippen LogP contribution is -2.26. The van der Waals surface area contributed by atoms with Gasteiger partial charge in [0.05, 0.1) is 0 Å². The fraction of sp³-hybridized carbons (Fsp3) is 0.333. The lowest BCUT2D eigenvalue weighted by Gasteiger charge is -2.17. The van der Waals surface area contributed by atoms with Crippen LogP contribution in [0.15, 0.2) is 44.4 Å². The Morgan fingerprint density at radius 2 is 1.81 bits per heavy atom. The van der Waals surface area contributed by atoms with E-state index >= 15 is 0 Å². The van der Waals surface area contributed by atoms with Gasteiger partial charge in [-0.05, 0) is 44.4 Å². The maximum Gasteiger partial charge on any atom is 0.253 e. The van der Waals surface area contributed by atoms with Gasteiger partial charge in [-0.1, -0.05) is 38.1 Å². The van der Waals surface area contributed by atoms with Gasteiger partial charge in [0.2, 0.25) is 0 Å². The summed E-state index contributed by atoms with van der Waals surface area (Å²) in [7, 11) is -1.84. The summed E-state index contributed by atoms with van der Waals surface area (Å²) < 4.78 is 27.4. The smallest absolute Gasteiger partial charge is 0.206 e. The fourth-order valence-corrected chi connectivity index (χ4v) is 5.62. The van der Waals surface area contributed by atoms with Gasteiger partial charge in [-0.3, -0.25) is 0 Å². The monoisotopic (exact) mass is 387 g/mol. The summed E-state index contributed by atoms with van der Waals surface area (Å²) in [4.78, 5) is 0. The van der Waals surface area contributed by atoms with Crippen molar-refractivity contribution in [1.29, 1.82) is 0 Å². The highest BCUT2D eigenvalue weighted by atomic mass is 79.9. The Labute approximate surface area is 138 Å². The first-order chi connectivity index (χ1) is 9.82. The molecule has 0 amide bonds. The van der Waals surface area contributed by atoms with E-state index in [-0.39, 0.29) is 0 Å². The van der Waals surface area contributed by atoms with Crippen LogP contribution in [0.1, 0.15) is 30.9 Å². The SMILES string of the molecule is CC(C)c1ccc(CN(C)S(=O)(=O)c2sccc2Br)cc1. The number of nitrogens with zero attached hydrogens (tertiary/aromatic N) is 1. The van der Waals surface area contributed by atoms with E-state index in [4.69, 9.17) is 0 Å². The topological polar surface area (TPSA) is 37.4 Å². The van der Waals surface area contributed by atoms with Crippen LogP contribution in [-0.2, 0) is 16.6 Å². The van der Waals surface area contributed by atoms with Gasteiger partial charge in [0.15, 0.2) is 0 Å². The summed E-state index contributed by atoms with van der Waals surface area (Å²) >= 11 is 4.51. The summed E-state index contributed by atoms with van der Waals surface area (Å²) in [5, 5.41) is 1.77. The second-order valence-corrected chi connectivity index (χ2v) is 9.22. The molecule has 0 saturated carbocycles. The van der Waals surface area contributed by atoms with Crippen LogP contribution in [0, 0.1) is 0 Å². The fourth-order valence-electron chi connectivity index (χ4n) is 1.96. The number of thiophene rings is 1. The molecule has 6 heteroatoms. The lowest BCUT2D eigenvalue weighted by molar-refractivity contribution is 0.468. The molecule has 0 radical (unpaired) electrons. The predicted molar refractivity (Wildman–Crippen MR) is 91.2 cm³/mol. The summed E-state index contributed by atoms with van der Waals surface area (Å²) in [5.41, 5.74) is 2.24. The van der Waals surface area contributed by atoms with Crippen LogP contribution in [-0.4, -0.2) is 19.8 Å². The van der Waals surface area contributed by atoms with Crippen molar-refractivity contribution in [2.45, 2.75) is 30.5 Å². The minimum absolute atomic E-state index is 0.351. The average molecular weight is 388 g/mol. The maximum atomic E-state index is 12.5. The minimum Gasteiger partial charge on any atom is -0.206 e. The van der Waals surface area contributed by atoms with E-state index in [0.717, 1.165) is 5.56 Å². The number of rotatable bonds is 5. The predicted octanol–water partition coefficient (Wildman–Crippen LogP) is 4.45. The van der Waals surface area contributed by atoms with Crippen LogP contribution < -0.4 is 0 Å². The summed E-state index contributed by atoms with van der Waals surface area (Å²) in [6.45, 7) is 4.64. The van der Waals surface area contributed by atoms with Crippen molar-refractivity contribution >= 4 is 37.3 Å². The Kier molecular flexibility index (Phi) is 5.24. The van der Waals surface area contributed by atoms with Crippen molar-refractivity contribution in [3.63, 3.8) is 0 Å². The Morgan fingerprint density at radius 3 is 2.29 bits per heavy atom. The molecule has 0 fully saturated rings. The zero-order chi connectivity index (χ0) is 15.6. The van der Waals surface area contributed by atoms with Crippen LogP contribution >= 0.6 is 27.3 Å². The number of hydrogen-bond acceptors (Lipinski definition) is 3. The van der Waals surface area contributed by atoms with E-state index in [1.807, 2.05) is 12.1 Å². The zero-order valence-electron chi connectivity index (χ0n) is 12.2. The molecule has 3 nitrogen and oxygen atoms in total. The van der Waals surface area contributed by atoms with Gasteiger partial charge in [-0.2, -0.15) is 4.31 Å².